The van der Waals surface area contributed by atoms with Gasteiger partial charge in [0.25, 0.3) is 0 Å². The van der Waals surface area contributed by atoms with Crippen LogP contribution in [0.4, 0.5) is 0 Å². The fraction of sp³-hybridized carbons (Fsp3) is 0.174. The molecule has 4 aromatic rings. The predicted octanol–water partition coefficient (Wildman–Crippen LogP) is 5.13. The fourth-order valence-electron chi connectivity index (χ4n) is 4.02. The van der Waals surface area contributed by atoms with E-state index in [1.165, 1.54) is 33.0 Å². The number of nitrogens with zero attached hydrogens (tertiary/aromatic N) is 3. The number of hydrogen-bond acceptors (Lipinski definition) is 3. The Kier molecular flexibility index (Phi) is 3.35. The van der Waals surface area contributed by atoms with Crippen LogP contribution in [0, 0.1) is 6.92 Å². The summed E-state index contributed by atoms with van der Waals surface area (Å²) in [5, 5.41) is 2.64. The zero-order chi connectivity index (χ0) is 17.7. The van der Waals surface area contributed by atoms with Gasteiger partial charge in [-0.25, -0.2) is 15.0 Å². The monoisotopic (exact) mass is 337 g/mol. The van der Waals surface area contributed by atoms with Gasteiger partial charge >= 0.3 is 0 Å². The second-order valence-corrected chi connectivity index (χ2v) is 6.81. The molecule has 0 unspecified atom stereocenters. The highest BCUT2D eigenvalue weighted by Gasteiger charge is 2.24. The topological polar surface area (TPSA) is 38.7 Å². The van der Waals surface area contributed by atoms with Gasteiger partial charge in [0.1, 0.15) is 11.6 Å². The molecule has 126 valence electrons. The SMILES string of the molecule is CCc1nc(C)nc(-c2cccc3c2-c2ccc4ccccc4c2C3)n1. The Hall–Kier alpha value is -3.07. The van der Waals surface area contributed by atoms with Crippen LogP contribution in [-0.4, -0.2) is 15.0 Å². The van der Waals surface area contributed by atoms with E-state index in [1.807, 2.05) is 6.92 Å². The summed E-state index contributed by atoms with van der Waals surface area (Å²) in [5.41, 5.74) is 6.46. The molecular formula is C23H19N3. The molecule has 1 heterocycles. The summed E-state index contributed by atoms with van der Waals surface area (Å²) in [5.74, 6) is 2.41. The van der Waals surface area contributed by atoms with Crippen LogP contribution in [0.3, 0.4) is 0 Å². The first-order valence-corrected chi connectivity index (χ1v) is 9.09. The molecule has 3 heteroatoms. The van der Waals surface area contributed by atoms with Crippen molar-refractivity contribution in [2.24, 2.45) is 0 Å². The second kappa shape index (κ2) is 5.73. The molecule has 1 aromatic heterocycles. The molecule has 0 N–H and O–H groups in total. The van der Waals surface area contributed by atoms with E-state index in [9.17, 15) is 0 Å². The van der Waals surface area contributed by atoms with E-state index in [4.69, 9.17) is 4.98 Å². The smallest absolute Gasteiger partial charge is 0.163 e. The van der Waals surface area contributed by atoms with E-state index < -0.39 is 0 Å². The molecule has 1 aliphatic carbocycles. The summed E-state index contributed by atoms with van der Waals surface area (Å²) < 4.78 is 0. The maximum Gasteiger partial charge on any atom is 0.163 e. The molecule has 5 rings (SSSR count). The van der Waals surface area contributed by atoms with Crippen molar-refractivity contribution < 1.29 is 0 Å². The molecule has 0 fully saturated rings. The quantitative estimate of drug-likeness (QED) is 0.448. The van der Waals surface area contributed by atoms with Gasteiger partial charge in [-0.1, -0.05) is 61.5 Å². The Morgan fingerprint density at radius 2 is 1.73 bits per heavy atom. The molecular weight excluding hydrogens is 318 g/mol. The third-order valence-corrected chi connectivity index (χ3v) is 5.18. The van der Waals surface area contributed by atoms with Crippen LogP contribution < -0.4 is 0 Å². The summed E-state index contributed by atoms with van der Waals surface area (Å²) in [6.07, 6.45) is 1.77. The van der Waals surface area contributed by atoms with Crippen molar-refractivity contribution in [1.82, 2.24) is 15.0 Å². The zero-order valence-corrected chi connectivity index (χ0v) is 15.0. The largest absolute Gasteiger partial charge is 0.218 e. The maximum absolute atomic E-state index is 4.71. The minimum atomic E-state index is 0.779. The third-order valence-electron chi connectivity index (χ3n) is 5.18. The minimum Gasteiger partial charge on any atom is -0.218 e. The van der Waals surface area contributed by atoms with Crippen LogP contribution in [0.1, 0.15) is 29.7 Å². The van der Waals surface area contributed by atoms with E-state index in [0.29, 0.717) is 0 Å². The lowest BCUT2D eigenvalue weighted by atomic mass is 9.96. The van der Waals surface area contributed by atoms with Crippen LogP contribution >= 0.6 is 0 Å². The number of aromatic nitrogens is 3. The number of rotatable bonds is 2. The predicted molar refractivity (Wildman–Crippen MR) is 105 cm³/mol. The Morgan fingerprint density at radius 1 is 0.846 bits per heavy atom. The first-order valence-electron chi connectivity index (χ1n) is 9.09. The normalized spacial score (nSPS) is 12.2. The molecule has 0 atom stereocenters. The Morgan fingerprint density at radius 3 is 2.62 bits per heavy atom. The Bertz CT molecular complexity index is 1160. The average Bonchev–Trinajstić information content (AvgIpc) is 3.06. The molecule has 3 aromatic carbocycles. The van der Waals surface area contributed by atoms with Crippen LogP contribution in [0.15, 0.2) is 54.6 Å². The maximum atomic E-state index is 4.71. The molecule has 3 nitrogen and oxygen atoms in total. The van der Waals surface area contributed by atoms with Gasteiger partial charge in [0.2, 0.25) is 0 Å². The third kappa shape index (κ3) is 2.24. The van der Waals surface area contributed by atoms with Crippen LogP contribution in [-0.2, 0) is 12.8 Å². The van der Waals surface area contributed by atoms with Gasteiger partial charge in [0, 0.05) is 12.0 Å². The Labute approximate surface area is 152 Å². The van der Waals surface area contributed by atoms with Gasteiger partial charge in [-0.15, -0.1) is 0 Å². The van der Waals surface area contributed by atoms with Crippen LogP contribution in [0.25, 0.3) is 33.3 Å². The van der Waals surface area contributed by atoms with Crippen molar-refractivity contribution in [3.8, 4) is 22.5 Å². The molecule has 0 aliphatic heterocycles. The highest BCUT2D eigenvalue weighted by Crippen LogP contribution is 2.44. The summed E-state index contributed by atoms with van der Waals surface area (Å²) in [6, 6.07) is 19.6. The van der Waals surface area contributed by atoms with Gasteiger partial charge < -0.3 is 0 Å². The van der Waals surface area contributed by atoms with Crippen molar-refractivity contribution in [3.63, 3.8) is 0 Å². The molecule has 0 radical (unpaired) electrons. The van der Waals surface area contributed by atoms with Crippen molar-refractivity contribution in [1.29, 1.82) is 0 Å². The molecule has 0 saturated heterocycles. The van der Waals surface area contributed by atoms with E-state index in [0.717, 1.165) is 35.9 Å². The van der Waals surface area contributed by atoms with Gasteiger partial charge in [-0.2, -0.15) is 0 Å². The number of fused-ring (bicyclic) bond motifs is 5. The lowest BCUT2D eigenvalue weighted by Gasteiger charge is -2.10. The van der Waals surface area contributed by atoms with Crippen molar-refractivity contribution in [3.05, 3.63) is 77.4 Å². The minimum absolute atomic E-state index is 0.779. The highest BCUT2D eigenvalue weighted by atomic mass is 15.0. The standard InChI is InChI=1S/C23H19N3/c1-3-21-24-14(2)25-23(26-21)19-10-6-8-16-13-20-17-9-5-4-7-15(17)11-12-18(20)22(16)19/h4-12H,3,13H2,1-2H3. The average molecular weight is 337 g/mol. The van der Waals surface area contributed by atoms with E-state index >= 15 is 0 Å². The summed E-state index contributed by atoms with van der Waals surface area (Å²) in [7, 11) is 0. The summed E-state index contributed by atoms with van der Waals surface area (Å²) in [6.45, 7) is 4.02. The fourth-order valence-corrected chi connectivity index (χ4v) is 4.02. The van der Waals surface area contributed by atoms with Gasteiger partial charge in [-0.05, 0) is 46.4 Å². The van der Waals surface area contributed by atoms with Gasteiger partial charge in [-0.3, -0.25) is 0 Å². The van der Waals surface area contributed by atoms with Gasteiger partial charge in [0.15, 0.2) is 5.82 Å². The van der Waals surface area contributed by atoms with Crippen molar-refractivity contribution in [2.45, 2.75) is 26.7 Å². The molecule has 1 aliphatic rings. The number of hydrogen-bond donors (Lipinski definition) is 0. The number of aryl methyl sites for hydroxylation is 2. The molecule has 26 heavy (non-hydrogen) atoms. The van der Waals surface area contributed by atoms with Gasteiger partial charge in [0.05, 0.1) is 0 Å². The van der Waals surface area contributed by atoms with E-state index in [2.05, 4.69) is 71.5 Å². The summed E-state index contributed by atoms with van der Waals surface area (Å²) >= 11 is 0. The molecule has 0 saturated carbocycles. The first kappa shape index (κ1) is 15.2. The summed E-state index contributed by atoms with van der Waals surface area (Å²) in [4.78, 5) is 13.8. The van der Waals surface area contributed by atoms with Crippen LogP contribution in [0.2, 0.25) is 0 Å². The van der Waals surface area contributed by atoms with E-state index in [-0.39, 0.29) is 0 Å². The molecule has 0 spiro atoms. The molecule has 0 bridgehead atoms. The number of benzene rings is 3. The lowest BCUT2D eigenvalue weighted by molar-refractivity contribution is 0.869. The second-order valence-electron chi connectivity index (χ2n) is 6.81. The van der Waals surface area contributed by atoms with E-state index in [1.54, 1.807) is 0 Å². The van der Waals surface area contributed by atoms with Crippen molar-refractivity contribution >= 4 is 10.8 Å². The first-order chi connectivity index (χ1) is 12.7. The lowest BCUT2D eigenvalue weighted by Crippen LogP contribution is -2.02. The Balaban J connectivity index is 1.78. The zero-order valence-electron chi connectivity index (χ0n) is 15.0. The highest BCUT2D eigenvalue weighted by molar-refractivity contribution is 5.98. The molecule has 0 amide bonds. The van der Waals surface area contributed by atoms with Crippen molar-refractivity contribution in [2.75, 3.05) is 0 Å². The van der Waals surface area contributed by atoms with Crippen LogP contribution in [0.5, 0.6) is 0 Å².